The molecule has 0 radical (unpaired) electrons. The van der Waals surface area contributed by atoms with Crippen molar-refractivity contribution >= 4 is 5.97 Å². The van der Waals surface area contributed by atoms with Crippen molar-refractivity contribution in [2.24, 2.45) is 5.41 Å². The van der Waals surface area contributed by atoms with Gasteiger partial charge in [-0.05, 0) is 46.8 Å². The Balaban J connectivity index is 2.35. The molecule has 1 aliphatic rings. The molecule has 94 valence electrons. The van der Waals surface area contributed by atoms with Crippen LogP contribution >= 0.6 is 0 Å². The number of rotatable bonds is 5. The van der Waals surface area contributed by atoms with Gasteiger partial charge in [-0.15, -0.1) is 0 Å². The van der Waals surface area contributed by atoms with E-state index in [-0.39, 0.29) is 11.4 Å². The van der Waals surface area contributed by atoms with Gasteiger partial charge >= 0.3 is 5.97 Å². The molecule has 0 bridgehead atoms. The van der Waals surface area contributed by atoms with Crippen molar-refractivity contribution in [2.75, 3.05) is 33.8 Å². The molecule has 1 atom stereocenters. The summed E-state index contributed by atoms with van der Waals surface area (Å²) in [6, 6.07) is 0.619. The average Bonchev–Trinajstić information content (AvgIpc) is 2.78. The number of nitrogens with zero attached hydrogens (tertiary/aromatic N) is 1. The molecule has 1 heterocycles. The first kappa shape index (κ1) is 13.5. The number of nitrogens with one attached hydrogen (secondary N) is 1. The van der Waals surface area contributed by atoms with E-state index in [0.717, 1.165) is 26.1 Å². The predicted octanol–water partition coefficient (Wildman–Crippen LogP) is 0.869. The standard InChI is InChI=1S/C12H24N2O2/c1-12(2,11(15)16-4)6-8-14(3)10-5-7-13-9-10/h10,13H,5-9H2,1-4H3. The predicted molar refractivity (Wildman–Crippen MR) is 64.3 cm³/mol. The van der Waals surface area contributed by atoms with E-state index < -0.39 is 0 Å². The molecule has 0 aromatic rings. The van der Waals surface area contributed by atoms with Crippen LogP contribution in [0.15, 0.2) is 0 Å². The van der Waals surface area contributed by atoms with Crippen LogP contribution in [-0.2, 0) is 9.53 Å². The third-order valence-electron chi connectivity index (χ3n) is 3.49. The van der Waals surface area contributed by atoms with E-state index in [1.807, 2.05) is 13.8 Å². The van der Waals surface area contributed by atoms with E-state index in [4.69, 9.17) is 4.74 Å². The first-order valence-electron chi connectivity index (χ1n) is 5.97. The normalized spacial score (nSPS) is 21.4. The minimum Gasteiger partial charge on any atom is -0.469 e. The Morgan fingerprint density at radius 2 is 2.25 bits per heavy atom. The summed E-state index contributed by atoms with van der Waals surface area (Å²) in [5.41, 5.74) is -0.380. The lowest BCUT2D eigenvalue weighted by molar-refractivity contribution is -0.151. The fraction of sp³-hybridized carbons (Fsp3) is 0.917. The number of ether oxygens (including phenoxy) is 1. The summed E-state index contributed by atoms with van der Waals surface area (Å²) >= 11 is 0. The first-order valence-corrected chi connectivity index (χ1v) is 5.97. The second-order valence-corrected chi connectivity index (χ2v) is 5.25. The van der Waals surface area contributed by atoms with Crippen molar-refractivity contribution in [3.05, 3.63) is 0 Å². The van der Waals surface area contributed by atoms with Gasteiger partial charge in [-0.25, -0.2) is 0 Å². The summed E-state index contributed by atoms with van der Waals surface area (Å²) in [6.45, 7) is 7.00. The SMILES string of the molecule is COC(=O)C(C)(C)CCN(C)C1CCNC1. The summed E-state index contributed by atoms with van der Waals surface area (Å²) in [5, 5.41) is 3.35. The lowest BCUT2D eigenvalue weighted by Gasteiger charge is -2.28. The molecule has 1 N–H and O–H groups in total. The van der Waals surface area contributed by atoms with Gasteiger partial charge in [0.1, 0.15) is 0 Å². The van der Waals surface area contributed by atoms with Crippen LogP contribution < -0.4 is 5.32 Å². The Hall–Kier alpha value is -0.610. The maximum atomic E-state index is 11.5. The molecule has 4 heteroatoms. The molecule has 1 fully saturated rings. The Bertz CT molecular complexity index is 235. The number of hydrogen-bond acceptors (Lipinski definition) is 4. The molecule has 1 aliphatic heterocycles. The van der Waals surface area contributed by atoms with Gasteiger partial charge in [0.05, 0.1) is 12.5 Å². The first-order chi connectivity index (χ1) is 7.47. The topological polar surface area (TPSA) is 41.6 Å². The Morgan fingerprint density at radius 1 is 1.56 bits per heavy atom. The minimum atomic E-state index is -0.380. The van der Waals surface area contributed by atoms with E-state index in [1.54, 1.807) is 0 Å². The second-order valence-electron chi connectivity index (χ2n) is 5.25. The summed E-state index contributed by atoms with van der Waals surface area (Å²) in [6.07, 6.45) is 2.04. The zero-order valence-electron chi connectivity index (χ0n) is 10.9. The molecule has 0 aromatic carbocycles. The smallest absolute Gasteiger partial charge is 0.311 e. The molecule has 4 nitrogen and oxygen atoms in total. The van der Waals surface area contributed by atoms with E-state index in [2.05, 4.69) is 17.3 Å². The van der Waals surface area contributed by atoms with Crippen molar-refractivity contribution in [1.29, 1.82) is 0 Å². The highest BCUT2D eigenvalue weighted by Crippen LogP contribution is 2.23. The average molecular weight is 228 g/mol. The van der Waals surface area contributed by atoms with Crippen molar-refractivity contribution in [1.82, 2.24) is 10.2 Å². The molecular weight excluding hydrogens is 204 g/mol. The number of carbonyl (C=O) groups is 1. The van der Waals surface area contributed by atoms with E-state index in [0.29, 0.717) is 6.04 Å². The largest absolute Gasteiger partial charge is 0.469 e. The van der Waals surface area contributed by atoms with Crippen molar-refractivity contribution in [2.45, 2.75) is 32.7 Å². The molecule has 0 amide bonds. The van der Waals surface area contributed by atoms with E-state index >= 15 is 0 Å². The number of hydrogen-bond donors (Lipinski definition) is 1. The summed E-state index contributed by atoms with van der Waals surface area (Å²) in [7, 11) is 3.58. The third-order valence-corrected chi connectivity index (χ3v) is 3.49. The van der Waals surface area contributed by atoms with Crippen LogP contribution in [-0.4, -0.2) is 50.7 Å². The molecule has 0 aliphatic carbocycles. The van der Waals surface area contributed by atoms with Crippen LogP contribution in [0.1, 0.15) is 26.7 Å². The van der Waals surface area contributed by atoms with Gasteiger partial charge in [-0.1, -0.05) is 0 Å². The molecule has 1 rings (SSSR count). The van der Waals surface area contributed by atoms with Crippen LogP contribution in [0.2, 0.25) is 0 Å². The molecule has 16 heavy (non-hydrogen) atoms. The van der Waals surface area contributed by atoms with Crippen molar-refractivity contribution < 1.29 is 9.53 Å². The highest BCUT2D eigenvalue weighted by molar-refractivity contribution is 5.75. The maximum Gasteiger partial charge on any atom is 0.311 e. The van der Waals surface area contributed by atoms with Crippen LogP contribution in [0.5, 0.6) is 0 Å². The van der Waals surface area contributed by atoms with E-state index in [1.165, 1.54) is 13.5 Å². The summed E-state index contributed by atoms with van der Waals surface area (Å²) < 4.78 is 4.80. The molecule has 0 aromatic heterocycles. The highest BCUT2D eigenvalue weighted by atomic mass is 16.5. The fourth-order valence-corrected chi connectivity index (χ4v) is 2.03. The van der Waals surface area contributed by atoms with Gasteiger partial charge in [0.2, 0.25) is 0 Å². The number of methoxy groups -OCH3 is 1. The van der Waals surface area contributed by atoms with Gasteiger partial charge in [0.15, 0.2) is 0 Å². The number of likely N-dealkylation sites (N-methyl/N-ethyl adjacent to an activating group) is 1. The van der Waals surface area contributed by atoms with Crippen LogP contribution in [0.4, 0.5) is 0 Å². The molecule has 0 spiro atoms. The van der Waals surface area contributed by atoms with Gasteiger partial charge in [0, 0.05) is 12.6 Å². The Morgan fingerprint density at radius 3 is 2.75 bits per heavy atom. The van der Waals surface area contributed by atoms with Gasteiger partial charge in [-0.3, -0.25) is 4.79 Å². The van der Waals surface area contributed by atoms with Gasteiger partial charge in [0.25, 0.3) is 0 Å². The lowest BCUT2D eigenvalue weighted by atomic mass is 9.89. The Labute approximate surface area is 98.3 Å². The van der Waals surface area contributed by atoms with E-state index in [9.17, 15) is 4.79 Å². The van der Waals surface area contributed by atoms with Crippen molar-refractivity contribution in [3.63, 3.8) is 0 Å². The van der Waals surface area contributed by atoms with Gasteiger partial charge < -0.3 is 15.0 Å². The fourth-order valence-electron chi connectivity index (χ4n) is 2.03. The lowest BCUT2D eigenvalue weighted by Crippen LogP contribution is -2.37. The molecule has 0 saturated carbocycles. The van der Waals surface area contributed by atoms with Gasteiger partial charge in [-0.2, -0.15) is 0 Å². The maximum absolute atomic E-state index is 11.5. The van der Waals surface area contributed by atoms with Crippen LogP contribution in [0, 0.1) is 5.41 Å². The number of carbonyl (C=O) groups excluding carboxylic acids is 1. The summed E-state index contributed by atoms with van der Waals surface area (Å²) in [5.74, 6) is -0.120. The summed E-state index contributed by atoms with van der Waals surface area (Å²) in [4.78, 5) is 13.9. The number of esters is 1. The quantitative estimate of drug-likeness (QED) is 0.709. The molecule has 1 unspecified atom stereocenters. The monoisotopic (exact) mass is 228 g/mol. The van der Waals surface area contributed by atoms with Crippen molar-refractivity contribution in [3.8, 4) is 0 Å². The molecule has 1 saturated heterocycles. The Kier molecular flexibility index (Phi) is 4.74. The molecular formula is C12H24N2O2. The zero-order chi connectivity index (χ0) is 12.2. The second kappa shape index (κ2) is 5.64. The third kappa shape index (κ3) is 3.46. The highest BCUT2D eigenvalue weighted by Gasteiger charge is 2.29. The van der Waals surface area contributed by atoms with Crippen LogP contribution in [0.3, 0.4) is 0 Å². The zero-order valence-corrected chi connectivity index (χ0v) is 10.9. The van der Waals surface area contributed by atoms with Crippen LogP contribution in [0.25, 0.3) is 0 Å². The minimum absolute atomic E-state index is 0.120.